The predicted molar refractivity (Wildman–Crippen MR) is 110 cm³/mol. The summed E-state index contributed by atoms with van der Waals surface area (Å²) in [5.41, 5.74) is 1.80. The first kappa shape index (κ1) is 19.2. The van der Waals surface area contributed by atoms with E-state index in [0.29, 0.717) is 11.6 Å². The van der Waals surface area contributed by atoms with Crippen LogP contribution in [-0.4, -0.2) is 49.7 Å². The fraction of sp³-hybridized carbons (Fsp3) is 0.316. The van der Waals surface area contributed by atoms with E-state index < -0.39 is 10.0 Å². The summed E-state index contributed by atoms with van der Waals surface area (Å²) in [6.45, 7) is 6.46. The zero-order valence-electron chi connectivity index (χ0n) is 16.2. The molecule has 0 bridgehead atoms. The van der Waals surface area contributed by atoms with Crippen molar-refractivity contribution in [3.8, 4) is 0 Å². The van der Waals surface area contributed by atoms with Crippen LogP contribution in [0.4, 0.5) is 17.3 Å². The van der Waals surface area contributed by atoms with E-state index in [-0.39, 0.29) is 16.3 Å². The van der Waals surface area contributed by atoms with Crippen molar-refractivity contribution in [2.24, 2.45) is 0 Å². The van der Waals surface area contributed by atoms with E-state index in [9.17, 15) is 8.42 Å². The molecule has 4 rings (SSSR count). The molecule has 0 unspecified atom stereocenters. The Morgan fingerprint density at radius 3 is 2.17 bits per heavy atom. The predicted octanol–water partition coefficient (Wildman–Crippen LogP) is 2.21. The molecule has 1 aromatic carbocycles. The van der Waals surface area contributed by atoms with Crippen molar-refractivity contribution < 1.29 is 12.9 Å². The van der Waals surface area contributed by atoms with Crippen LogP contribution in [0.5, 0.6) is 0 Å². The molecule has 3 heterocycles. The summed E-state index contributed by atoms with van der Waals surface area (Å²) in [4.78, 5) is 13.1. The van der Waals surface area contributed by atoms with Gasteiger partial charge in [-0.3, -0.25) is 4.72 Å². The summed E-state index contributed by atoms with van der Waals surface area (Å²) < 4.78 is 32.6. The third-order valence-corrected chi connectivity index (χ3v) is 6.44. The van der Waals surface area contributed by atoms with Gasteiger partial charge in [-0.15, -0.1) is 0 Å². The smallest absolute Gasteiger partial charge is 0.267 e. The second-order valence-corrected chi connectivity index (χ2v) is 8.46. The molecule has 9 nitrogen and oxygen atoms in total. The lowest BCUT2D eigenvalue weighted by atomic mass is 10.2. The SMILES string of the molecule is Cc1noc(C)c1S(=O)(=O)Nc1cnc(N2CCN(c3ccccc3)CC2)nc1. The second kappa shape index (κ2) is 7.70. The third kappa shape index (κ3) is 4.02. The van der Waals surface area contributed by atoms with Crippen molar-refractivity contribution >= 4 is 27.3 Å². The lowest BCUT2D eigenvalue weighted by molar-refractivity contribution is 0.390. The molecule has 3 aromatic rings. The average molecular weight is 414 g/mol. The van der Waals surface area contributed by atoms with Crippen molar-refractivity contribution in [1.82, 2.24) is 15.1 Å². The van der Waals surface area contributed by atoms with E-state index in [4.69, 9.17) is 4.52 Å². The van der Waals surface area contributed by atoms with E-state index in [2.05, 4.69) is 41.8 Å². The monoisotopic (exact) mass is 414 g/mol. The lowest BCUT2D eigenvalue weighted by Gasteiger charge is -2.36. The van der Waals surface area contributed by atoms with Crippen LogP contribution in [0.2, 0.25) is 0 Å². The van der Waals surface area contributed by atoms with Crippen LogP contribution in [0.1, 0.15) is 11.5 Å². The van der Waals surface area contributed by atoms with Crippen molar-refractivity contribution in [2.45, 2.75) is 18.7 Å². The Hall–Kier alpha value is -3.14. The Bertz CT molecular complexity index is 1060. The molecule has 1 aliphatic heterocycles. The van der Waals surface area contributed by atoms with Crippen LogP contribution >= 0.6 is 0 Å². The molecule has 0 spiro atoms. The number of hydrogen-bond acceptors (Lipinski definition) is 8. The average Bonchev–Trinajstić information content (AvgIpc) is 3.08. The number of rotatable bonds is 5. The number of aromatic nitrogens is 3. The van der Waals surface area contributed by atoms with E-state index in [1.54, 1.807) is 13.8 Å². The summed E-state index contributed by atoms with van der Waals surface area (Å²) >= 11 is 0. The Labute approximate surface area is 169 Å². The fourth-order valence-corrected chi connectivity index (χ4v) is 4.76. The molecule has 0 saturated carbocycles. The summed E-state index contributed by atoms with van der Waals surface area (Å²) in [5.74, 6) is 0.821. The fourth-order valence-electron chi connectivity index (χ4n) is 3.41. The van der Waals surface area contributed by atoms with Gasteiger partial charge in [0.05, 0.1) is 18.1 Å². The molecule has 0 radical (unpaired) electrons. The maximum Gasteiger partial charge on any atom is 0.267 e. The number of piperazine rings is 1. The van der Waals surface area contributed by atoms with Crippen LogP contribution in [0, 0.1) is 13.8 Å². The summed E-state index contributed by atoms with van der Waals surface area (Å²) in [6, 6.07) is 10.3. The highest BCUT2D eigenvalue weighted by Gasteiger charge is 2.25. The molecule has 0 aliphatic carbocycles. The van der Waals surface area contributed by atoms with Gasteiger partial charge in [-0.1, -0.05) is 23.4 Å². The van der Waals surface area contributed by atoms with Crippen LogP contribution < -0.4 is 14.5 Å². The molecule has 1 N–H and O–H groups in total. The van der Waals surface area contributed by atoms with Gasteiger partial charge < -0.3 is 14.3 Å². The summed E-state index contributed by atoms with van der Waals surface area (Å²) in [7, 11) is -3.81. The molecule has 2 aromatic heterocycles. The third-order valence-electron chi connectivity index (χ3n) is 4.81. The highest BCUT2D eigenvalue weighted by Crippen LogP contribution is 2.23. The first-order chi connectivity index (χ1) is 13.9. The van der Waals surface area contributed by atoms with Gasteiger partial charge in [0, 0.05) is 31.9 Å². The van der Waals surface area contributed by atoms with Crippen molar-refractivity contribution in [1.29, 1.82) is 0 Å². The number of sulfonamides is 1. The minimum atomic E-state index is -3.81. The molecular formula is C19H22N6O3S. The van der Waals surface area contributed by atoms with E-state index >= 15 is 0 Å². The molecule has 1 saturated heterocycles. The van der Waals surface area contributed by atoms with Gasteiger partial charge in [0.2, 0.25) is 5.95 Å². The molecule has 0 amide bonds. The lowest BCUT2D eigenvalue weighted by Crippen LogP contribution is -2.47. The molecule has 29 heavy (non-hydrogen) atoms. The first-order valence-corrected chi connectivity index (χ1v) is 10.7. The molecule has 0 atom stereocenters. The number of nitrogens with one attached hydrogen (secondary N) is 1. The van der Waals surface area contributed by atoms with Gasteiger partial charge >= 0.3 is 0 Å². The topological polar surface area (TPSA) is 104 Å². The van der Waals surface area contributed by atoms with Crippen molar-refractivity contribution in [3.05, 3.63) is 54.2 Å². The maximum absolute atomic E-state index is 12.6. The van der Waals surface area contributed by atoms with Gasteiger partial charge in [0.15, 0.2) is 10.7 Å². The Morgan fingerprint density at radius 2 is 1.59 bits per heavy atom. The van der Waals surface area contributed by atoms with Crippen LogP contribution in [0.25, 0.3) is 0 Å². The van der Waals surface area contributed by atoms with Crippen LogP contribution in [0.3, 0.4) is 0 Å². The molecule has 152 valence electrons. The number of nitrogens with zero attached hydrogens (tertiary/aromatic N) is 5. The largest absolute Gasteiger partial charge is 0.368 e. The normalized spacial score (nSPS) is 14.8. The molecule has 1 aliphatic rings. The molecular weight excluding hydrogens is 392 g/mol. The molecule has 1 fully saturated rings. The van der Waals surface area contributed by atoms with Gasteiger partial charge in [-0.25, -0.2) is 18.4 Å². The minimum absolute atomic E-state index is 0.0404. The summed E-state index contributed by atoms with van der Waals surface area (Å²) in [6.07, 6.45) is 2.95. The Morgan fingerprint density at radius 1 is 0.966 bits per heavy atom. The number of anilines is 3. The highest BCUT2D eigenvalue weighted by molar-refractivity contribution is 7.92. The van der Waals surface area contributed by atoms with Crippen LogP contribution in [-0.2, 0) is 10.0 Å². The standard InChI is InChI=1S/C19H22N6O3S/c1-14-18(15(2)28-22-14)29(26,27)23-16-12-20-19(21-13-16)25-10-8-24(9-11-25)17-6-4-3-5-7-17/h3-7,12-13,23H,8-11H2,1-2H3. The van der Waals surface area contributed by atoms with Crippen molar-refractivity contribution in [3.63, 3.8) is 0 Å². The number of aryl methyl sites for hydroxylation is 2. The van der Waals surface area contributed by atoms with Crippen molar-refractivity contribution in [2.75, 3.05) is 40.7 Å². The first-order valence-electron chi connectivity index (χ1n) is 9.27. The summed E-state index contributed by atoms with van der Waals surface area (Å²) in [5, 5.41) is 3.69. The quantitative estimate of drug-likeness (QED) is 0.678. The van der Waals surface area contributed by atoms with Gasteiger partial charge in [-0.05, 0) is 26.0 Å². The van der Waals surface area contributed by atoms with Gasteiger partial charge in [0.25, 0.3) is 10.0 Å². The number of para-hydroxylation sites is 1. The van der Waals surface area contributed by atoms with Gasteiger partial charge in [-0.2, -0.15) is 0 Å². The molecule has 10 heteroatoms. The zero-order chi connectivity index (χ0) is 20.4. The van der Waals surface area contributed by atoms with E-state index in [0.717, 1.165) is 26.2 Å². The highest BCUT2D eigenvalue weighted by atomic mass is 32.2. The van der Waals surface area contributed by atoms with E-state index in [1.165, 1.54) is 18.1 Å². The second-order valence-electron chi connectivity index (χ2n) is 6.84. The van der Waals surface area contributed by atoms with Crippen LogP contribution in [0.15, 0.2) is 52.1 Å². The zero-order valence-corrected chi connectivity index (χ0v) is 17.1. The van der Waals surface area contributed by atoms with Gasteiger partial charge in [0.1, 0.15) is 5.69 Å². The Kier molecular flexibility index (Phi) is 5.10. The Balaban J connectivity index is 1.41. The van der Waals surface area contributed by atoms with E-state index in [1.807, 2.05) is 18.2 Å². The maximum atomic E-state index is 12.6. The number of hydrogen-bond donors (Lipinski definition) is 1. The minimum Gasteiger partial charge on any atom is -0.368 e. The number of benzene rings is 1.